The van der Waals surface area contributed by atoms with E-state index in [2.05, 4.69) is 4.98 Å². The summed E-state index contributed by atoms with van der Waals surface area (Å²) in [6.45, 7) is 2.56. The minimum atomic E-state index is -0.121. The van der Waals surface area contributed by atoms with Crippen LogP contribution < -0.4 is 0 Å². The van der Waals surface area contributed by atoms with E-state index in [-0.39, 0.29) is 11.6 Å². The van der Waals surface area contributed by atoms with Gasteiger partial charge in [-0.25, -0.2) is 4.98 Å². The first-order chi connectivity index (χ1) is 9.60. The molecule has 0 aliphatic rings. The van der Waals surface area contributed by atoms with Gasteiger partial charge in [0.15, 0.2) is 0 Å². The Balaban J connectivity index is 2.12. The molecular formula is C16H15N3O. The van der Waals surface area contributed by atoms with E-state index in [1.807, 2.05) is 37.3 Å². The van der Waals surface area contributed by atoms with Crippen molar-refractivity contribution >= 4 is 5.91 Å². The molecule has 2 aromatic rings. The van der Waals surface area contributed by atoms with Gasteiger partial charge in [-0.3, -0.25) is 4.79 Å². The van der Waals surface area contributed by atoms with Crippen LogP contribution in [-0.2, 0) is 6.54 Å². The second-order valence-electron chi connectivity index (χ2n) is 4.69. The van der Waals surface area contributed by atoms with Crippen molar-refractivity contribution in [3.05, 3.63) is 65.0 Å². The van der Waals surface area contributed by atoms with Gasteiger partial charge in [0.1, 0.15) is 11.8 Å². The zero-order valence-corrected chi connectivity index (χ0v) is 11.5. The van der Waals surface area contributed by atoms with Crippen LogP contribution in [0.2, 0.25) is 0 Å². The number of benzene rings is 1. The highest BCUT2D eigenvalue weighted by Gasteiger charge is 2.12. The lowest BCUT2D eigenvalue weighted by atomic mass is 10.1. The van der Waals surface area contributed by atoms with Crippen LogP contribution in [0.1, 0.15) is 27.2 Å². The van der Waals surface area contributed by atoms with Crippen LogP contribution >= 0.6 is 0 Å². The topological polar surface area (TPSA) is 57.0 Å². The van der Waals surface area contributed by atoms with Gasteiger partial charge in [0.2, 0.25) is 0 Å². The second kappa shape index (κ2) is 5.98. The van der Waals surface area contributed by atoms with Crippen molar-refractivity contribution in [2.24, 2.45) is 0 Å². The fraction of sp³-hybridized carbons (Fsp3) is 0.188. The summed E-state index contributed by atoms with van der Waals surface area (Å²) in [6, 6.07) is 13.1. The predicted molar refractivity (Wildman–Crippen MR) is 75.9 cm³/mol. The van der Waals surface area contributed by atoms with Crippen molar-refractivity contribution in [1.29, 1.82) is 5.26 Å². The van der Waals surface area contributed by atoms with Gasteiger partial charge >= 0.3 is 0 Å². The van der Waals surface area contributed by atoms with Crippen LogP contribution in [0.25, 0.3) is 0 Å². The van der Waals surface area contributed by atoms with Crippen molar-refractivity contribution in [3.63, 3.8) is 0 Å². The molecule has 1 aromatic heterocycles. The third-order valence-electron chi connectivity index (χ3n) is 3.01. The summed E-state index contributed by atoms with van der Waals surface area (Å²) in [5.41, 5.74) is 2.99. The number of aromatic nitrogens is 1. The number of hydrogen-bond donors (Lipinski definition) is 0. The molecule has 0 saturated heterocycles. The molecule has 0 bridgehead atoms. The van der Waals surface area contributed by atoms with E-state index in [1.165, 1.54) is 17.8 Å². The summed E-state index contributed by atoms with van der Waals surface area (Å²) in [4.78, 5) is 17.8. The van der Waals surface area contributed by atoms with Crippen LogP contribution in [-0.4, -0.2) is 22.8 Å². The third-order valence-corrected chi connectivity index (χ3v) is 3.01. The highest BCUT2D eigenvalue weighted by molar-refractivity contribution is 5.94. The Morgan fingerprint density at radius 1 is 1.30 bits per heavy atom. The molecule has 2 rings (SSSR count). The van der Waals surface area contributed by atoms with Crippen molar-refractivity contribution in [3.8, 4) is 6.07 Å². The number of nitrogens with zero attached hydrogens (tertiary/aromatic N) is 3. The molecule has 0 fully saturated rings. The molecular weight excluding hydrogens is 250 g/mol. The van der Waals surface area contributed by atoms with E-state index in [0.717, 1.165) is 5.56 Å². The number of pyridine rings is 1. The van der Waals surface area contributed by atoms with Crippen molar-refractivity contribution in [2.45, 2.75) is 13.5 Å². The lowest BCUT2D eigenvalue weighted by Gasteiger charge is -2.17. The van der Waals surface area contributed by atoms with Gasteiger partial charge < -0.3 is 4.90 Å². The second-order valence-corrected chi connectivity index (χ2v) is 4.69. The van der Waals surface area contributed by atoms with Gasteiger partial charge in [-0.2, -0.15) is 5.26 Å². The van der Waals surface area contributed by atoms with Gasteiger partial charge in [-0.1, -0.05) is 29.8 Å². The van der Waals surface area contributed by atoms with E-state index in [0.29, 0.717) is 12.1 Å². The molecule has 4 heteroatoms. The minimum Gasteiger partial charge on any atom is -0.337 e. The Morgan fingerprint density at radius 2 is 2.00 bits per heavy atom. The summed E-state index contributed by atoms with van der Waals surface area (Å²) in [5, 5.41) is 8.81. The van der Waals surface area contributed by atoms with Gasteiger partial charge in [0.05, 0.1) is 0 Å². The fourth-order valence-electron chi connectivity index (χ4n) is 1.88. The zero-order chi connectivity index (χ0) is 14.5. The molecule has 1 heterocycles. The maximum atomic E-state index is 12.3. The standard InChI is InChI=1S/C16H15N3O/c1-12-3-5-13(6-4-12)11-19(2)16(20)14-7-8-18-15(9-14)10-17/h3-9H,11H2,1-2H3. The number of carbonyl (C=O) groups excluding carboxylic acids is 1. The Labute approximate surface area is 118 Å². The number of hydrogen-bond acceptors (Lipinski definition) is 3. The molecule has 0 radical (unpaired) electrons. The number of rotatable bonds is 3. The van der Waals surface area contributed by atoms with Gasteiger partial charge in [-0.05, 0) is 24.6 Å². The minimum absolute atomic E-state index is 0.121. The highest BCUT2D eigenvalue weighted by atomic mass is 16.2. The fourth-order valence-corrected chi connectivity index (χ4v) is 1.88. The van der Waals surface area contributed by atoms with Crippen LogP contribution in [0.3, 0.4) is 0 Å². The smallest absolute Gasteiger partial charge is 0.254 e. The zero-order valence-electron chi connectivity index (χ0n) is 11.5. The molecule has 0 N–H and O–H groups in total. The van der Waals surface area contributed by atoms with Crippen molar-refractivity contribution in [2.75, 3.05) is 7.05 Å². The monoisotopic (exact) mass is 265 g/mol. The molecule has 0 unspecified atom stereocenters. The Morgan fingerprint density at radius 3 is 2.65 bits per heavy atom. The summed E-state index contributed by atoms with van der Waals surface area (Å²) in [5.74, 6) is -0.121. The largest absolute Gasteiger partial charge is 0.337 e. The normalized spacial score (nSPS) is 9.85. The van der Waals surface area contributed by atoms with E-state index in [1.54, 1.807) is 18.0 Å². The van der Waals surface area contributed by atoms with Crippen LogP contribution in [0, 0.1) is 18.3 Å². The lowest BCUT2D eigenvalue weighted by Crippen LogP contribution is -2.26. The molecule has 0 aliphatic carbocycles. The molecule has 100 valence electrons. The van der Waals surface area contributed by atoms with E-state index < -0.39 is 0 Å². The van der Waals surface area contributed by atoms with Crippen LogP contribution in [0.5, 0.6) is 0 Å². The predicted octanol–water partition coefficient (Wildman–Crippen LogP) is 2.53. The van der Waals surface area contributed by atoms with Gasteiger partial charge in [0, 0.05) is 25.4 Å². The summed E-state index contributed by atoms with van der Waals surface area (Å²) in [6.07, 6.45) is 1.48. The Bertz CT molecular complexity index is 656. The molecule has 20 heavy (non-hydrogen) atoms. The van der Waals surface area contributed by atoms with E-state index in [9.17, 15) is 4.79 Å². The van der Waals surface area contributed by atoms with Gasteiger partial charge in [-0.15, -0.1) is 0 Å². The van der Waals surface area contributed by atoms with Crippen LogP contribution in [0.4, 0.5) is 0 Å². The molecule has 1 aromatic carbocycles. The molecule has 4 nitrogen and oxygen atoms in total. The number of aryl methyl sites for hydroxylation is 1. The van der Waals surface area contributed by atoms with Crippen LogP contribution in [0.15, 0.2) is 42.6 Å². The molecule has 0 aliphatic heterocycles. The first-order valence-corrected chi connectivity index (χ1v) is 6.27. The maximum absolute atomic E-state index is 12.3. The first kappa shape index (κ1) is 13.8. The van der Waals surface area contributed by atoms with Crippen molar-refractivity contribution in [1.82, 2.24) is 9.88 Å². The number of nitriles is 1. The Hall–Kier alpha value is -2.67. The lowest BCUT2D eigenvalue weighted by molar-refractivity contribution is 0.0785. The maximum Gasteiger partial charge on any atom is 0.254 e. The Kier molecular flexibility index (Phi) is 4.11. The number of carbonyl (C=O) groups is 1. The average Bonchev–Trinajstić information content (AvgIpc) is 2.48. The molecule has 0 saturated carbocycles. The SMILES string of the molecule is Cc1ccc(CN(C)C(=O)c2ccnc(C#N)c2)cc1. The van der Waals surface area contributed by atoms with E-state index in [4.69, 9.17) is 5.26 Å². The first-order valence-electron chi connectivity index (χ1n) is 6.27. The van der Waals surface area contributed by atoms with Gasteiger partial charge in [0.25, 0.3) is 5.91 Å². The summed E-state index contributed by atoms with van der Waals surface area (Å²) >= 11 is 0. The quantitative estimate of drug-likeness (QED) is 0.857. The van der Waals surface area contributed by atoms with Crippen molar-refractivity contribution < 1.29 is 4.79 Å². The summed E-state index contributed by atoms with van der Waals surface area (Å²) < 4.78 is 0. The number of amides is 1. The highest BCUT2D eigenvalue weighted by Crippen LogP contribution is 2.10. The molecule has 1 amide bonds. The van der Waals surface area contributed by atoms with E-state index >= 15 is 0 Å². The average molecular weight is 265 g/mol. The third kappa shape index (κ3) is 3.21. The molecule has 0 spiro atoms. The molecule has 0 atom stereocenters. The summed E-state index contributed by atoms with van der Waals surface area (Å²) in [7, 11) is 1.74.